The van der Waals surface area contributed by atoms with E-state index >= 15 is 0 Å². The molecule has 0 radical (unpaired) electrons. The first kappa shape index (κ1) is 9.21. The average Bonchev–Trinajstić information content (AvgIpc) is 2.49. The third-order valence-electron chi connectivity index (χ3n) is 1.87. The Labute approximate surface area is 84.4 Å². The van der Waals surface area contributed by atoms with Crippen molar-refractivity contribution in [2.24, 2.45) is 0 Å². The van der Waals surface area contributed by atoms with E-state index in [1.54, 1.807) is 0 Å². The van der Waals surface area contributed by atoms with Gasteiger partial charge in [-0.1, -0.05) is 11.8 Å². The van der Waals surface area contributed by atoms with Crippen LogP contribution >= 0.6 is 11.8 Å². The summed E-state index contributed by atoms with van der Waals surface area (Å²) >= 11 is 1.18. The van der Waals surface area contributed by atoms with Gasteiger partial charge in [0.2, 0.25) is 5.91 Å². The maximum absolute atomic E-state index is 12.6. The Morgan fingerprint density at radius 1 is 1.36 bits per heavy atom. The molecule has 1 amide bonds. The number of rotatable bonds is 1. The highest BCUT2D eigenvalue weighted by molar-refractivity contribution is 8.15. The Morgan fingerprint density at radius 3 is 2.50 bits per heavy atom. The van der Waals surface area contributed by atoms with Crippen LogP contribution < -0.4 is 4.90 Å². The third kappa shape index (κ3) is 1.50. The molecular weight excluding hydrogens is 203 g/mol. The first-order chi connectivity index (χ1) is 6.68. The zero-order valence-corrected chi connectivity index (χ0v) is 7.97. The lowest BCUT2D eigenvalue weighted by Crippen LogP contribution is -2.28. The Balaban J connectivity index is 2.34. The van der Waals surface area contributed by atoms with E-state index in [0.29, 0.717) is 5.69 Å². The van der Waals surface area contributed by atoms with Crippen LogP contribution in [-0.2, 0) is 4.79 Å². The molecule has 0 aromatic heterocycles. The molecule has 0 unspecified atom stereocenters. The minimum absolute atomic E-state index is 0.133. The topological polar surface area (TPSA) is 44.2 Å². The van der Waals surface area contributed by atoms with Gasteiger partial charge in [0.05, 0.1) is 11.4 Å². The Morgan fingerprint density at radius 2 is 2.00 bits per heavy atom. The van der Waals surface area contributed by atoms with Crippen LogP contribution in [-0.4, -0.2) is 16.8 Å². The maximum atomic E-state index is 12.6. The van der Waals surface area contributed by atoms with E-state index in [1.807, 2.05) is 0 Å². The molecule has 0 aliphatic carbocycles. The number of nitrogens with zero attached hydrogens (tertiary/aromatic N) is 1. The fraction of sp³-hybridized carbons (Fsp3) is 0.111. The van der Waals surface area contributed by atoms with Crippen LogP contribution in [0.2, 0.25) is 0 Å². The summed E-state index contributed by atoms with van der Waals surface area (Å²) in [5.41, 5.74) is 0.548. The predicted molar refractivity (Wildman–Crippen MR) is 54.1 cm³/mol. The first-order valence-corrected chi connectivity index (χ1v) is 4.97. The molecule has 1 aliphatic rings. The van der Waals surface area contributed by atoms with Crippen LogP contribution in [0, 0.1) is 11.2 Å². The van der Waals surface area contributed by atoms with Crippen LogP contribution in [0.3, 0.4) is 0 Å². The van der Waals surface area contributed by atoms with E-state index in [2.05, 4.69) is 0 Å². The van der Waals surface area contributed by atoms with Crippen molar-refractivity contribution < 1.29 is 9.18 Å². The van der Waals surface area contributed by atoms with Crippen molar-refractivity contribution in [2.75, 3.05) is 10.7 Å². The van der Waals surface area contributed by atoms with Crippen molar-refractivity contribution in [1.29, 1.82) is 5.41 Å². The van der Waals surface area contributed by atoms with Gasteiger partial charge in [-0.3, -0.25) is 15.1 Å². The van der Waals surface area contributed by atoms with Crippen molar-refractivity contribution >= 4 is 28.5 Å². The molecule has 0 bridgehead atoms. The lowest BCUT2D eigenvalue weighted by atomic mass is 10.3. The van der Waals surface area contributed by atoms with Gasteiger partial charge in [-0.15, -0.1) is 0 Å². The summed E-state index contributed by atoms with van der Waals surface area (Å²) in [6.45, 7) is 0. The van der Waals surface area contributed by atoms with Crippen molar-refractivity contribution in [3.05, 3.63) is 30.1 Å². The molecule has 1 N–H and O–H groups in total. The Bertz CT molecular complexity index is 374. The number of thioether (sulfide) groups is 1. The quantitative estimate of drug-likeness (QED) is 0.768. The normalized spacial score (nSPS) is 16.5. The van der Waals surface area contributed by atoms with Crippen molar-refractivity contribution in [3.63, 3.8) is 0 Å². The standard InChI is InChI=1S/C9H7FN2OS/c10-6-1-3-7(4-2-6)12-8(13)5-14-9(12)11/h1-4,11H,5H2. The molecule has 3 nitrogen and oxygen atoms in total. The molecule has 1 fully saturated rings. The molecule has 0 spiro atoms. The van der Waals surface area contributed by atoms with Gasteiger partial charge >= 0.3 is 0 Å². The summed E-state index contributed by atoms with van der Waals surface area (Å²) in [5, 5.41) is 7.70. The number of amidine groups is 1. The molecule has 72 valence electrons. The smallest absolute Gasteiger partial charge is 0.243 e. The van der Waals surface area contributed by atoms with Gasteiger partial charge in [-0.2, -0.15) is 0 Å². The van der Waals surface area contributed by atoms with Gasteiger partial charge in [-0.25, -0.2) is 4.39 Å². The first-order valence-electron chi connectivity index (χ1n) is 3.98. The molecule has 14 heavy (non-hydrogen) atoms. The number of hydrogen-bond acceptors (Lipinski definition) is 3. The molecule has 2 rings (SSSR count). The summed E-state index contributed by atoms with van der Waals surface area (Å²) in [5.74, 6) is -0.192. The minimum atomic E-state index is -0.348. The van der Waals surface area contributed by atoms with E-state index < -0.39 is 0 Å². The molecule has 0 saturated carbocycles. The fourth-order valence-corrected chi connectivity index (χ4v) is 1.95. The van der Waals surface area contributed by atoms with Crippen molar-refractivity contribution in [1.82, 2.24) is 0 Å². The van der Waals surface area contributed by atoms with Gasteiger partial charge in [-0.05, 0) is 24.3 Å². The van der Waals surface area contributed by atoms with Crippen molar-refractivity contribution in [3.8, 4) is 0 Å². The van der Waals surface area contributed by atoms with Gasteiger partial charge in [0, 0.05) is 0 Å². The van der Waals surface area contributed by atoms with E-state index in [4.69, 9.17) is 5.41 Å². The average molecular weight is 210 g/mol. The van der Waals surface area contributed by atoms with Gasteiger partial charge in [0.15, 0.2) is 5.17 Å². The summed E-state index contributed by atoms with van der Waals surface area (Å²) in [4.78, 5) is 12.6. The number of benzene rings is 1. The zero-order chi connectivity index (χ0) is 10.1. The van der Waals surface area contributed by atoms with E-state index in [1.165, 1.54) is 40.9 Å². The van der Waals surface area contributed by atoms with E-state index in [-0.39, 0.29) is 22.6 Å². The van der Waals surface area contributed by atoms with E-state index in [0.717, 1.165) is 0 Å². The number of anilines is 1. The highest BCUT2D eigenvalue weighted by Crippen LogP contribution is 2.25. The second-order valence-electron chi connectivity index (χ2n) is 2.80. The number of carbonyl (C=O) groups excluding carboxylic acids is 1. The number of nitrogens with one attached hydrogen (secondary N) is 1. The molecule has 1 aromatic rings. The largest absolute Gasteiger partial charge is 0.278 e. The summed E-state index contributed by atoms with van der Waals surface area (Å²) in [6, 6.07) is 5.54. The number of carbonyl (C=O) groups is 1. The summed E-state index contributed by atoms with van der Waals surface area (Å²) in [7, 11) is 0. The highest BCUT2D eigenvalue weighted by Gasteiger charge is 2.27. The van der Waals surface area contributed by atoms with Crippen molar-refractivity contribution in [2.45, 2.75) is 0 Å². The molecule has 1 aromatic carbocycles. The molecule has 1 aliphatic heterocycles. The predicted octanol–water partition coefficient (Wildman–Crippen LogP) is 1.84. The van der Waals surface area contributed by atoms with Crippen LogP contribution in [0.5, 0.6) is 0 Å². The molecule has 0 atom stereocenters. The van der Waals surface area contributed by atoms with Crippen LogP contribution in [0.25, 0.3) is 0 Å². The maximum Gasteiger partial charge on any atom is 0.243 e. The van der Waals surface area contributed by atoms with Crippen LogP contribution in [0.4, 0.5) is 10.1 Å². The third-order valence-corrected chi connectivity index (χ3v) is 2.72. The molecular formula is C9H7FN2OS. The van der Waals surface area contributed by atoms with Gasteiger partial charge in [0.25, 0.3) is 0 Å². The lowest BCUT2D eigenvalue weighted by Gasteiger charge is -2.14. The summed E-state index contributed by atoms with van der Waals surface area (Å²) < 4.78 is 12.6. The van der Waals surface area contributed by atoms with Gasteiger partial charge in [0.1, 0.15) is 5.82 Å². The Hall–Kier alpha value is -1.36. The van der Waals surface area contributed by atoms with Crippen LogP contribution in [0.1, 0.15) is 0 Å². The summed E-state index contributed by atoms with van der Waals surface area (Å²) in [6.07, 6.45) is 0. The minimum Gasteiger partial charge on any atom is -0.278 e. The number of amides is 1. The lowest BCUT2D eigenvalue weighted by molar-refractivity contribution is -0.115. The number of halogens is 1. The number of hydrogen-bond donors (Lipinski definition) is 1. The molecule has 5 heteroatoms. The van der Waals surface area contributed by atoms with Gasteiger partial charge < -0.3 is 0 Å². The second kappa shape index (κ2) is 3.42. The molecule has 1 heterocycles. The van der Waals surface area contributed by atoms with Crippen LogP contribution in [0.15, 0.2) is 24.3 Å². The second-order valence-corrected chi connectivity index (χ2v) is 3.76. The fourth-order valence-electron chi connectivity index (χ4n) is 1.22. The Kier molecular flexibility index (Phi) is 2.25. The molecule has 1 saturated heterocycles. The highest BCUT2D eigenvalue weighted by atomic mass is 32.2. The monoisotopic (exact) mass is 210 g/mol. The van der Waals surface area contributed by atoms with E-state index in [9.17, 15) is 9.18 Å². The zero-order valence-electron chi connectivity index (χ0n) is 7.16. The SMILES string of the molecule is N=C1SCC(=O)N1c1ccc(F)cc1.